The van der Waals surface area contributed by atoms with Crippen molar-refractivity contribution in [2.45, 2.75) is 119 Å². The number of amides is 5. The molecule has 1 saturated carbocycles. The van der Waals surface area contributed by atoms with Crippen LogP contribution < -0.4 is 26.7 Å². The van der Waals surface area contributed by atoms with Crippen molar-refractivity contribution < 1.29 is 58.4 Å². The molecule has 4 heterocycles. The maximum Gasteiger partial charge on any atom is 0.330 e. The van der Waals surface area contributed by atoms with E-state index in [0.29, 0.717) is 12.8 Å². The third kappa shape index (κ3) is 8.52. The van der Waals surface area contributed by atoms with Crippen LogP contribution in [0.5, 0.6) is 0 Å². The number of rotatable bonds is 6. The van der Waals surface area contributed by atoms with Gasteiger partial charge in [-0.3, -0.25) is 33.8 Å². The molecule has 1 aromatic carbocycles. The number of halogens is 3. The van der Waals surface area contributed by atoms with Gasteiger partial charge in [-0.25, -0.2) is 10.2 Å². The Balaban J connectivity index is 1.49. The van der Waals surface area contributed by atoms with E-state index >= 15 is 0 Å². The van der Waals surface area contributed by atoms with Gasteiger partial charge in [0, 0.05) is 31.1 Å². The summed E-state index contributed by atoms with van der Waals surface area (Å²) < 4.78 is 11.2. The van der Waals surface area contributed by atoms with E-state index in [1.54, 1.807) is 27.7 Å². The van der Waals surface area contributed by atoms with Crippen molar-refractivity contribution in [2.75, 3.05) is 25.6 Å². The fourth-order valence-electron chi connectivity index (χ4n) is 8.05. The number of esters is 1. The number of hydrazine groups is 1. The first-order chi connectivity index (χ1) is 27.5. The number of hydrogen-bond acceptors (Lipinski definition) is 13. The Morgan fingerprint density at radius 1 is 1.00 bits per heavy atom. The molecule has 8 N–H and O–H groups in total. The molecule has 3 saturated heterocycles. The molecule has 0 bridgehead atoms. The summed E-state index contributed by atoms with van der Waals surface area (Å²) in [6, 6.07) is -5.30. The molecule has 5 amide bonds. The van der Waals surface area contributed by atoms with Gasteiger partial charge in [0.15, 0.2) is 6.10 Å². The monoisotopic (exact) mass is 887 g/mol. The fourth-order valence-corrected chi connectivity index (χ4v) is 8.66. The number of hydrogen-bond donors (Lipinski definition) is 8. The van der Waals surface area contributed by atoms with Crippen LogP contribution in [-0.2, 0) is 48.6 Å². The van der Waals surface area contributed by atoms with Gasteiger partial charge in [0.2, 0.25) is 23.6 Å². The summed E-state index contributed by atoms with van der Waals surface area (Å²) in [4.78, 5) is 99.1. The third-order valence-corrected chi connectivity index (χ3v) is 12.7. The van der Waals surface area contributed by atoms with Gasteiger partial charge in [-0.15, -0.1) is 11.6 Å². The van der Waals surface area contributed by atoms with Crippen LogP contribution in [0, 0.1) is 10.8 Å². The molecule has 22 heteroatoms. The van der Waals surface area contributed by atoms with Gasteiger partial charge in [0.1, 0.15) is 42.0 Å². The first-order valence-corrected chi connectivity index (χ1v) is 20.2. The van der Waals surface area contributed by atoms with Crippen LogP contribution in [0.15, 0.2) is 12.1 Å². The smallest absolute Gasteiger partial charge is 0.330 e. The summed E-state index contributed by atoms with van der Waals surface area (Å²) in [7, 11) is 1.21. The highest BCUT2D eigenvalue weighted by Crippen LogP contribution is 2.53. The molecule has 0 aromatic heterocycles. The Hall–Kier alpha value is -3.98. The lowest BCUT2D eigenvalue weighted by atomic mass is 9.87. The molecule has 4 aliphatic heterocycles. The number of carboxylic acid groups (broad SMARTS) is 1. The predicted octanol–water partition coefficient (Wildman–Crippen LogP) is -0.0456. The molecule has 4 fully saturated rings. The van der Waals surface area contributed by atoms with Crippen LogP contribution in [0.3, 0.4) is 0 Å². The normalized spacial score (nSPS) is 33.1. The molecule has 0 spiro atoms. The van der Waals surface area contributed by atoms with Crippen LogP contribution in [0.4, 0.5) is 5.69 Å². The number of benzene rings is 1. The Bertz CT molecular complexity index is 1930. The fraction of sp³-hybridized carbons (Fsp3) is 0.649. The zero-order chi connectivity index (χ0) is 43.5. The molecule has 19 nitrogen and oxygen atoms in total. The molecule has 59 heavy (non-hydrogen) atoms. The van der Waals surface area contributed by atoms with Gasteiger partial charge < -0.3 is 51.0 Å². The number of nitrogens with one attached hydrogen (secondary N) is 5. The highest BCUT2D eigenvalue weighted by Gasteiger charge is 2.63. The standard InChI is InChI=1S/C37H48Cl3N7O12/c1-35(2,3)27-32(55)47-19(10-15(38)13-41-47)29(52)42-18(14-58-5)28(51)43-25(21(48)11-22(49)50)31(54)46-20(30(53)45-26(33(56)59-27)36(4)8-9-36)12-37(57)16-6-7-17(39)23(40)24(16)44-34(37)46/h6-7,15,18-21,25-27,34,41,44,48,57H,8-14H2,1-5H3,(H,42,52)(H,43,51)(H,45,53)(H,49,50)/t15?,18-,19-,20-,21+,25+,26-,27+,34-,37+/m0/s1. The number of cyclic esters (lactones) is 1. The molecule has 1 unspecified atom stereocenters. The van der Waals surface area contributed by atoms with Crippen molar-refractivity contribution in [2.24, 2.45) is 10.8 Å². The average molecular weight is 889 g/mol. The summed E-state index contributed by atoms with van der Waals surface area (Å²) in [6.45, 7) is 6.18. The zero-order valence-electron chi connectivity index (χ0n) is 32.8. The number of methoxy groups -OCH3 is 1. The minimum Gasteiger partial charge on any atom is -0.481 e. The van der Waals surface area contributed by atoms with E-state index in [-0.39, 0.29) is 34.3 Å². The van der Waals surface area contributed by atoms with Gasteiger partial charge in [-0.2, -0.15) is 0 Å². The summed E-state index contributed by atoms with van der Waals surface area (Å²) in [6.07, 6.45) is -5.97. The van der Waals surface area contributed by atoms with Crippen molar-refractivity contribution in [1.29, 1.82) is 0 Å². The molecular weight excluding hydrogens is 841 g/mol. The van der Waals surface area contributed by atoms with Gasteiger partial charge in [-0.05, 0) is 30.7 Å². The number of carbonyl (C=O) groups excluding carboxylic acids is 6. The van der Waals surface area contributed by atoms with E-state index in [4.69, 9.17) is 44.3 Å². The van der Waals surface area contributed by atoms with Gasteiger partial charge in [-0.1, -0.05) is 57.0 Å². The number of aliphatic hydroxyl groups is 2. The van der Waals surface area contributed by atoms with E-state index < -0.39 is 131 Å². The number of ether oxygens (including phenoxy) is 2. The topological polar surface area (TPSA) is 265 Å². The molecule has 5 aliphatic rings. The van der Waals surface area contributed by atoms with E-state index in [1.165, 1.54) is 19.2 Å². The van der Waals surface area contributed by atoms with Gasteiger partial charge in [0.05, 0.1) is 40.2 Å². The second-order valence-electron chi connectivity index (χ2n) is 17.1. The first-order valence-electron chi connectivity index (χ1n) is 19.0. The van der Waals surface area contributed by atoms with E-state index in [9.17, 15) is 48.9 Å². The van der Waals surface area contributed by atoms with Crippen LogP contribution in [-0.4, -0.2) is 141 Å². The number of nitrogens with zero attached hydrogens (tertiary/aromatic N) is 2. The van der Waals surface area contributed by atoms with Crippen molar-refractivity contribution in [1.82, 2.24) is 31.3 Å². The maximum atomic E-state index is 14.9. The Kier molecular flexibility index (Phi) is 12.4. The lowest BCUT2D eigenvalue weighted by Crippen LogP contribution is -2.67. The SMILES string of the molecule is COC[C@@H]1NC(=O)[C@@H]2CC(Cl)CNN2C(=O)[C@H](C(C)(C)C)OC(=O)[C@@H](C2(C)CC2)NC(=O)[C@@H]2C[C@@]3(O)c4ccc(Cl)c(Cl)c4N[C@H]3N2C(=O)[C@@H]([C@H](O)CC(=O)O)NC1=O. The van der Waals surface area contributed by atoms with E-state index in [2.05, 4.69) is 26.7 Å². The van der Waals surface area contributed by atoms with Gasteiger partial charge in [0.25, 0.3) is 5.91 Å². The average Bonchev–Trinajstić information content (AvgIpc) is 3.73. The summed E-state index contributed by atoms with van der Waals surface area (Å²) in [5, 5.41) is 44.2. The summed E-state index contributed by atoms with van der Waals surface area (Å²) in [5.41, 5.74) is -0.899. The second kappa shape index (κ2) is 16.5. The Labute approximate surface area is 354 Å². The number of carbonyl (C=O) groups is 7. The maximum absolute atomic E-state index is 14.9. The number of fused-ring (bicyclic) bond motifs is 6. The Morgan fingerprint density at radius 2 is 1.66 bits per heavy atom. The minimum absolute atomic E-state index is 0.0182. The van der Waals surface area contributed by atoms with E-state index in [1.807, 2.05) is 0 Å². The van der Waals surface area contributed by atoms with Crippen molar-refractivity contribution in [3.05, 3.63) is 27.7 Å². The van der Waals surface area contributed by atoms with Crippen molar-refractivity contribution >= 4 is 82.0 Å². The lowest BCUT2D eigenvalue weighted by Gasteiger charge is -2.42. The van der Waals surface area contributed by atoms with Crippen molar-refractivity contribution in [3.63, 3.8) is 0 Å². The zero-order valence-corrected chi connectivity index (χ0v) is 35.1. The summed E-state index contributed by atoms with van der Waals surface area (Å²) >= 11 is 19.2. The largest absolute Gasteiger partial charge is 0.481 e. The summed E-state index contributed by atoms with van der Waals surface area (Å²) in [5.74, 6) is -7.55. The first kappa shape index (κ1) is 44.6. The third-order valence-electron chi connectivity index (χ3n) is 11.6. The van der Waals surface area contributed by atoms with Crippen LogP contribution >= 0.6 is 34.8 Å². The number of carboxylic acids is 1. The minimum atomic E-state index is -2.14. The number of alkyl halides is 1. The molecule has 0 radical (unpaired) electrons. The second-order valence-corrected chi connectivity index (χ2v) is 18.5. The van der Waals surface area contributed by atoms with Crippen LogP contribution in [0.2, 0.25) is 10.0 Å². The number of anilines is 1. The molecule has 10 atom stereocenters. The highest BCUT2D eigenvalue weighted by atomic mass is 35.5. The molecule has 6 rings (SSSR count). The van der Waals surface area contributed by atoms with Crippen molar-refractivity contribution in [3.8, 4) is 0 Å². The molecular formula is C37H48Cl3N7O12. The number of aliphatic hydroxyl groups excluding tert-OH is 1. The van der Waals surface area contributed by atoms with Crippen LogP contribution in [0.25, 0.3) is 0 Å². The molecule has 324 valence electrons. The molecule has 1 aromatic rings. The Morgan fingerprint density at radius 3 is 2.27 bits per heavy atom. The quantitative estimate of drug-likeness (QED) is 0.138. The predicted molar refractivity (Wildman–Crippen MR) is 209 cm³/mol. The molecule has 1 aliphatic carbocycles. The van der Waals surface area contributed by atoms with Gasteiger partial charge >= 0.3 is 11.9 Å². The lowest BCUT2D eigenvalue weighted by molar-refractivity contribution is -0.176. The van der Waals surface area contributed by atoms with Crippen LogP contribution in [0.1, 0.15) is 65.4 Å². The van der Waals surface area contributed by atoms with E-state index in [0.717, 1.165) is 9.91 Å². The highest BCUT2D eigenvalue weighted by molar-refractivity contribution is 6.44. The number of aliphatic carboxylic acids is 1.